The Kier molecular flexibility index (Phi) is 7.36. The van der Waals surface area contributed by atoms with E-state index in [2.05, 4.69) is 11.0 Å². The molecule has 0 N–H and O–H groups in total. The topological polar surface area (TPSA) is 67.7 Å². The number of ether oxygens (including phenoxy) is 1. The molecule has 2 aromatic heterocycles. The lowest BCUT2D eigenvalue weighted by Gasteiger charge is -2.36. The van der Waals surface area contributed by atoms with Gasteiger partial charge in [-0.3, -0.25) is 14.2 Å². The zero-order valence-corrected chi connectivity index (χ0v) is 23.9. The van der Waals surface area contributed by atoms with Gasteiger partial charge in [-0.15, -0.1) is 11.3 Å². The monoisotopic (exact) mass is 560 g/mol. The maximum atomic E-state index is 14.0. The molecule has 3 heterocycles. The fraction of sp³-hybridized carbons (Fsp3) is 0.367. The van der Waals surface area contributed by atoms with Gasteiger partial charge in [-0.2, -0.15) is 0 Å². The van der Waals surface area contributed by atoms with Gasteiger partial charge < -0.3 is 14.5 Å². The fourth-order valence-electron chi connectivity index (χ4n) is 5.62. The van der Waals surface area contributed by atoms with E-state index in [9.17, 15) is 9.59 Å². The highest BCUT2D eigenvalue weighted by molar-refractivity contribution is 7.99. The number of hydrogen-bond donors (Lipinski definition) is 0. The van der Waals surface area contributed by atoms with E-state index in [-0.39, 0.29) is 17.2 Å². The fourth-order valence-corrected chi connectivity index (χ4v) is 7.83. The molecule has 1 saturated heterocycles. The van der Waals surface area contributed by atoms with Crippen LogP contribution in [0, 0.1) is 6.92 Å². The van der Waals surface area contributed by atoms with Crippen LogP contribution >= 0.6 is 23.1 Å². The minimum atomic E-state index is -0.0194. The first-order chi connectivity index (χ1) is 19.0. The normalized spacial score (nSPS) is 15.4. The third-order valence-electron chi connectivity index (χ3n) is 7.70. The summed E-state index contributed by atoms with van der Waals surface area (Å²) in [5.74, 6) is 1.15. The second kappa shape index (κ2) is 11.1. The summed E-state index contributed by atoms with van der Waals surface area (Å²) in [6.45, 7) is 4.79. The van der Waals surface area contributed by atoms with Gasteiger partial charge in [0.25, 0.3) is 5.56 Å². The van der Waals surface area contributed by atoms with Crippen molar-refractivity contribution in [3.63, 3.8) is 0 Å². The lowest BCUT2D eigenvalue weighted by Crippen LogP contribution is -2.49. The van der Waals surface area contributed by atoms with Crippen LogP contribution in [0.25, 0.3) is 15.9 Å². The number of amides is 1. The Hall–Kier alpha value is -3.30. The highest BCUT2D eigenvalue weighted by Gasteiger charge is 2.26. The number of hydrogen-bond acceptors (Lipinski definition) is 7. The maximum absolute atomic E-state index is 14.0. The number of fused-ring (bicyclic) bond motifs is 3. The van der Waals surface area contributed by atoms with Crippen molar-refractivity contribution in [2.45, 2.75) is 37.8 Å². The largest absolute Gasteiger partial charge is 0.495 e. The SMILES string of the molecule is COc1ccccc1N1CCN(C(=O)CSc2nc3sc4c(c3c(=O)n2-c2ccccc2C)CCCC4)CC1. The van der Waals surface area contributed by atoms with E-state index >= 15 is 0 Å². The van der Waals surface area contributed by atoms with Gasteiger partial charge >= 0.3 is 0 Å². The smallest absolute Gasteiger partial charge is 0.267 e. The number of anilines is 1. The quantitative estimate of drug-likeness (QED) is 0.242. The molecule has 1 aliphatic carbocycles. The maximum Gasteiger partial charge on any atom is 0.267 e. The summed E-state index contributed by atoms with van der Waals surface area (Å²) in [7, 11) is 1.68. The van der Waals surface area contributed by atoms with Gasteiger partial charge in [0, 0.05) is 31.1 Å². The van der Waals surface area contributed by atoms with E-state index in [4.69, 9.17) is 9.72 Å². The van der Waals surface area contributed by atoms with Gasteiger partial charge in [0.2, 0.25) is 5.91 Å². The minimum Gasteiger partial charge on any atom is -0.495 e. The van der Waals surface area contributed by atoms with Crippen molar-refractivity contribution in [2.75, 3.05) is 43.9 Å². The van der Waals surface area contributed by atoms with Gasteiger partial charge in [0.05, 0.1) is 29.6 Å². The van der Waals surface area contributed by atoms with Crippen LogP contribution in [-0.2, 0) is 17.6 Å². The van der Waals surface area contributed by atoms with Crippen LogP contribution in [0.1, 0.15) is 28.8 Å². The second-order valence-corrected chi connectivity index (χ2v) is 12.1. The summed E-state index contributed by atoms with van der Waals surface area (Å²) < 4.78 is 7.26. The summed E-state index contributed by atoms with van der Waals surface area (Å²) >= 11 is 3.01. The van der Waals surface area contributed by atoms with E-state index in [0.29, 0.717) is 18.2 Å². The third-order valence-corrected chi connectivity index (χ3v) is 9.81. The van der Waals surface area contributed by atoms with Crippen LogP contribution in [0.5, 0.6) is 5.75 Å². The zero-order chi connectivity index (χ0) is 26.9. The second-order valence-electron chi connectivity index (χ2n) is 10.0. The molecule has 7 nitrogen and oxygen atoms in total. The number of piperazine rings is 1. The summed E-state index contributed by atoms with van der Waals surface area (Å²) in [6, 6.07) is 15.9. The molecule has 202 valence electrons. The first-order valence-corrected chi connectivity index (χ1v) is 15.3. The Bertz CT molecular complexity index is 1590. The van der Waals surface area contributed by atoms with Gasteiger partial charge in [0.1, 0.15) is 10.6 Å². The van der Waals surface area contributed by atoms with Crippen LogP contribution in [0.15, 0.2) is 58.5 Å². The molecule has 2 aliphatic rings. The van der Waals surface area contributed by atoms with Crippen molar-refractivity contribution < 1.29 is 9.53 Å². The minimum absolute atomic E-state index is 0.0194. The number of para-hydroxylation sites is 3. The van der Waals surface area contributed by atoms with Crippen LogP contribution < -0.4 is 15.2 Å². The molecule has 6 rings (SSSR count). The molecule has 0 atom stereocenters. The number of thiophene rings is 1. The first-order valence-electron chi connectivity index (χ1n) is 13.5. The van der Waals surface area contributed by atoms with E-state index in [0.717, 1.165) is 71.7 Å². The molecule has 9 heteroatoms. The highest BCUT2D eigenvalue weighted by atomic mass is 32.2. The van der Waals surface area contributed by atoms with Crippen molar-refractivity contribution >= 4 is 44.9 Å². The van der Waals surface area contributed by atoms with E-state index in [1.165, 1.54) is 22.2 Å². The Morgan fingerprint density at radius 1 is 1.00 bits per heavy atom. The molecular formula is C30H32N4O3S2. The molecular weight excluding hydrogens is 528 g/mol. The molecule has 4 aromatic rings. The first kappa shape index (κ1) is 26.0. The number of nitrogens with zero attached hydrogens (tertiary/aromatic N) is 4. The zero-order valence-electron chi connectivity index (χ0n) is 22.3. The highest BCUT2D eigenvalue weighted by Crippen LogP contribution is 2.35. The van der Waals surface area contributed by atoms with Crippen molar-refractivity contribution in [2.24, 2.45) is 0 Å². The lowest BCUT2D eigenvalue weighted by molar-refractivity contribution is -0.128. The Morgan fingerprint density at radius 2 is 1.72 bits per heavy atom. The molecule has 1 aliphatic heterocycles. The summed E-state index contributed by atoms with van der Waals surface area (Å²) in [4.78, 5) is 38.6. The van der Waals surface area contributed by atoms with Gasteiger partial charge in [-0.25, -0.2) is 4.98 Å². The van der Waals surface area contributed by atoms with Crippen molar-refractivity contribution in [3.8, 4) is 11.4 Å². The molecule has 0 saturated carbocycles. The van der Waals surface area contributed by atoms with Crippen LogP contribution in [-0.4, -0.2) is 59.4 Å². The summed E-state index contributed by atoms with van der Waals surface area (Å²) in [6.07, 6.45) is 4.22. The lowest BCUT2D eigenvalue weighted by atomic mass is 9.97. The third kappa shape index (κ3) is 4.94. The van der Waals surface area contributed by atoms with Gasteiger partial charge in [-0.05, 0) is 61.9 Å². The summed E-state index contributed by atoms with van der Waals surface area (Å²) in [5, 5.41) is 1.35. The number of rotatable bonds is 6. The average Bonchev–Trinajstić information content (AvgIpc) is 3.35. The van der Waals surface area contributed by atoms with Crippen LogP contribution in [0.4, 0.5) is 5.69 Å². The average molecular weight is 561 g/mol. The number of carbonyl (C=O) groups is 1. The Morgan fingerprint density at radius 3 is 2.49 bits per heavy atom. The molecule has 1 fully saturated rings. The molecule has 1 amide bonds. The number of aryl methyl sites for hydroxylation is 3. The standard InChI is InChI=1S/C30H32N4O3S2/c1-20-9-3-5-11-22(20)34-29(36)27-21-10-4-8-14-25(21)39-28(27)31-30(34)38-19-26(35)33-17-15-32(16-18-33)23-12-6-7-13-24(23)37-2/h3,5-7,9,11-13H,4,8,10,14-19H2,1-2H3. The summed E-state index contributed by atoms with van der Waals surface area (Å²) in [5.41, 5.74) is 4.05. The molecule has 39 heavy (non-hydrogen) atoms. The van der Waals surface area contributed by atoms with Crippen LogP contribution in [0.2, 0.25) is 0 Å². The number of carbonyl (C=O) groups excluding carboxylic acids is 1. The molecule has 0 radical (unpaired) electrons. The number of benzene rings is 2. The molecule has 2 aromatic carbocycles. The predicted molar refractivity (Wildman–Crippen MR) is 159 cm³/mol. The van der Waals surface area contributed by atoms with E-state index < -0.39 is 0 Å². The van der Waals surface area contributed by atoms with Gasteiger partial charge in [-0.1, -0.05) is 42.1 Å². The van der Waals surface area contributed by atoms with E-state index in [1.807, 2.05) is 54.3 Å². The van der Waals surface area contributed by atoms with Crippen LogP contribution in [0.3, 0.4) is 0 Å². The predicted octanol–water partition coefficient (Wildman–Crippen LogP) is 5.08. The van der Waals surface area contributed by atoms with Crippen molar-refractivity contribution in [1.82, 2.24) is 14.5 Å². The Balaban J connectivity index is 1.24. The molecule has 0 unspecified atom stereocenters. The van der Waals surface area contributed by atoms with Gasteiger partial charge in [0.15, 0.2) is 5.16 Å². The number of thioether (sulfide) groups is 1. The number of methoxy groups -OCH3 is 1. The molecule has 0 spiro atoms. The van der Waals surface area contributed by atoms with E-state index in [1.54, 1.807) is 23.0 Å². The Labute approximate surface area is 236 Å². The van der Waals surface area contributed by atoms with Crippen molar-refractivity contribution in [1.29, 1.82) is 0 Å². The van der Waals surface area contributed by atoms with Crippen molar-refractivity contribution in [3.05, 3.63) is 74.9 Å². The number of aromatic nitrogens is 2. The molecule has 0 bridgehead atoms.